The first kappa shape index (κ1) is 16.8. The van der Waals surface area contributed by atoms with Crippen molar-refractivity contribution in [2.75, 3.05) is 14.2 Å². The van der Waals surface area contributed by atoms with Crippen LogP contribution in [0, 0.1) is 13.8 Å². The highest BCUT2D eigenvalue weighted by Gasteiger charge is 2.17. The minimum atomic E-state index is -1.01. The molecule has 0 aliphatic carbocycles. The van der Waals surface area contributed by atoms with Crippen LogP contribution in [0.25, 0.3) is 22.2 Å². The van der Waals surface area contributed by atoms with Crippen LogP contribution in [0.4, 0.5) is 0 Å². The molecule has 1 heterocycles. The molecule has 0 saturated heterocycles. The number of carbonyl (C=O) groups is 1. The van der Waals surface area contributed by atoms with Gasteiger partial charge in [0.05, 0.1) is 31.0 Å². The van der Waals surface area contributed by atoms with Crippen LogP contribution in [0.1, 0.15) is 21.5 Å². The maximum absolute atomic E-state index is 11.8. The molecule has 5 nitrogen and oxygen atoms in total. The summed E-state index contributed by atoms with van der Waals surface area (Å²) in [4.78, 5) is 16.5. The van der Waals surface area contributed by atoms with Gasteiger partial charge in [-0.1, -0.05) is 23.8 Å². The van der Waals surface area contributed by atoms with Crippen LogP contribution in [-0.2, 0) is 0 Å². The van der Waals surface area contributed by atoms with E-state index in [-0.39, 0.29) is 5.56 Å². The Labute approximate surface area is 145 Å². The molecule has 0 amide bonds. The summed E-state index contributed by atoms with van der Waals surface area (Å²) in [5.74, 6) is -0.0270. The molecule has 25 heavy (non-hydrogen) atoms. The minimum Gasteiger partial charge on any atom is -0.493 e. The highest BCUT2D eigenvalue weighted by Crippen LogP contribution is 2.35. The predicted molar refractivity (Wildman–Crippen MR) is 96.7 cm³/mol. The number of hydrogen-bond donors (Lipinski definition) is 1. The van der Waals surface area contributed by atoms with E-state index in [1.165, 1.54) is 14.2 Å². The molecular weight excluding hydrogens is 318 g/mol. The van der Waals surface area contributed by atoms with Crippen LogP contribution in [0.2, 0.25) is 0 Å². The van der Waals surface area contributed by atoms with Gasteiger partial charge in [-0.05, 0) is 31.5 Å². The van der Waals surface area contributed by atoms with E-state index in [4.69, 9.17) is 9.47 Å². The van der Waals surface area contributed by atoms with Gasteiger partial charge < -0.3 is 14.6 Å². The number of hydrogen-bond acceptors (Lipinski definition) is 4. The van der Waals surface area contributed by atoms with E-state index in [1.807, 2.05) is 26.0 Å². The summed E-state index contributed by atoms with van der Waals surface area (Å²) in [7, 11) is 3.05. The second-order valence-electron chi connectivity index (χ2n) is 5.90. The Kier molecular flexibility index (Phi) is 4.31. The predicted octanol–water partition coefficient (Wildman–Crippen LogP) is 4.23. The number of aryl methyl sites for hydroxylation is 2. The first-order valence-corrected chi connectivity index (χ1v) is 7.82. The van der Waals surface area contributed by atoms with Crippen molar-refractivity contribution < 1.29 is 19.4 Å². The summed E-state index contributed by atoms with van der Waals surface area (Å²) in [6.45, 7) is 4.01. The van der Waals surface area contributed by atoms with Crippen molar-refractivity contribution in [3.05, 3.63) is 53.1 Å². The number of nitrogens with zero attached hydrogens (tertiary/aromatic N) is 1. The lowest BCUT2D eigenvalue weighted by molar-refractivity contribution is 0.0699. The number of ether oxygens (including phenoxy) is 2. The zero-order valence-electron chi connectivity index (χ0n) is 14.6. The van der Waals surface area contributed by atoms with Crippen molar-refractivity contribution in [1.29, 1.82) is 0 Å². The summed E-state index contributed by atoms with van der Waals surface area (Å²) in [5.41, 5.74) is 4.45. The number of fused-ring (bicyclic) bond motifs is 1. The molecule has 0 bridgehead atoms. The number of carboxylic acids is 1. The van der Waals surface area contributed by atoms with Crippen LogP contribution in [0.15, 0.2) is 36.4 Å². The number of carboxylic acid groups (broad SMARTS) is 1. The third kappa shape index (κ3) is 3.01. The van der Waals surface area contributed by atoms with Crippen LogP contribution in [0.5, 0.6) is 11.5 Å². The Morgan fingerprint density at radius 1 is 1.00 bits per heavy atom. The Balaban J connectivity index is 2.33. The van der Waals surface area contributed by atoms with E-state index in [0.717, 1.165) is 16.7 Å². The van der Waals surface area contributed by atoms with Crippen molar-refractivity contribution in [2.45, 2.75) is 13.8 Å². The van der Waals surface area contributed by atoms with E-state index in [2.05, 4.69) is 11.1 Å². The number of aromatic carboxylic acids is 1. The topological polar surface area (TPSA) is 68.7 Å². The van der Waals surface area contributed by atoms with Gasteiger partial charge >= 0.3 is 5.97 Å². The average molecular weight is 337 g/mol. The molecule has 1 aromatic heterocycles. The second-order valence-corrected chi connectivity index (χ2v) is 5.90. The Hall–Kier alpha value is -3.08. The third-order valence-corrected chi connectivity index (χ3v) is 4.20. The molecule has 0 unspecified atom stereocenters. The minimum absolute atomic E-state index is 0.181. The Morgan fingerprint density at radius 3 is 2.28 bits per heavy atom. The van der Waals surface area contributed by atoms with Crippen LogP contribution in [0.3, 0.4) is 0 Å². The highest BCUT2D eigenvalue weighted by atomic mass is 16.5. The third-order valence-electron chi connectivity index (χ3n) is 4.20. The highest BCUT2D eigenvalue weighted by molar-refractivity contribution is 6.04. The lowest BCUT2D eigenvalue weighted by atomic mass is 9.99. The molecule has 3 rings (SSSR count). The molecule has 0 fully saturated rings. The van der Waals surface area contributed by atoms with Crippen LogP contribution >= 0.6 is 0 Å². The fraction of sp³-hybridized carbons (Fsp3) is 0.200. The summed E-state index contributed by atoms with van der Waals surface area (Å²) < 4.78 is 10.6. The number of aromatic nitrogens is 1. The van der Waals surface area contributed by atoms with Crippen LogP contribution in [-0.4, -0.2) is 30.3 Å². The summed E-state index contributed by atoms with van der Waals surface area (Å²) in [6.07, 6.45) is 0. The molecule has 3 aromatic rings. The van der Waals surface area contributed by atoms with E-state index < -0.39 is 5.97 Å². The van der Waals surface area contributed by atoms with Gasteiger partial charge in [-0.2, -0.15) is 0 Å². The number of benzene rings is 2. The zero-order valence-corrected chi connectivity index (χ0v) is 14.6. The van der Waals surface area contributed by atoms with Gasteiger partial charge in [-0.15, -0.1) is 0 Å². The molecule has 0 saturated carbocycles. The zero-order chi connectivity index (χ0) is 18.1. The summed E-state index contributed by atoms with van der Waals surface area (Å²) >= 11 is 0. The second kappa shape index (κ2) is 6.43. The van der Waals surface area contributed by atoms with Crippen LogP contribution < -0.4 is 9.47 Å². The first-order chi connectivity index (χ1) is 11.9. The van der Waals surface area contributed by atoms with E-state index in [1.54, 1.807) is 18.2 Å². The molecule has 1 N–H and O–H groups in total. The molecule has 0 aliphatic heterocycles. The number of rotatable bonds is 4. The lowest BCUT2D eigenvalue weighted by Crippen LogP contribution is -2.02. The van der Waals surface area contributed by atoms with Crippen molar-refractivity contribution in [3.8, 4) is 22.8 Å². The molecular formula is C20H19NO4. The monoisotopic (exact) mass is 337 g/mol. The van der Waals surface area contributed by atoms with E-state index >= 15 is 0 Å². The van der Waals surface area contributed by atoms with Gasteiger partial charge in [0.25, 0.3) is 0 Å². The van der Waals surface area contributed by atoms with Crippen molar-refractivity contribution >= 4 is 16.9 Å². The smallest absolute Gasteiger partial charge is 0.336 e. The van der Waals surface area contributed by atoms with Gasteiger partial charge in [0.15, 0.2) is 11.5 Å². The summed E-state index contributed by atoms with van der Waals surface area (Å²) in [6, 6.07) is 11.0. The molecule has 0 radical (unpaired) electrons. The van der Waals surface area contributed by atoms with E-state index in [0.29, 0.717) is 28.1 Å². The maximum Gasteiger partial charge on any atom is 0.336 e. The standard InChI is InChI=1S/C20H19NO4/c1-11-5-6-13(12(2)7-11)16-8-15(20(22)23)14-9-18(24-3)19(25-4)10-17(14)21-16/h5-10H,1-4H3,(H,22,23). The van der Waals surface area contributed by atoms with Crippen molar-refractivity contribution in [3.63, 3.8) is 0 Å². The van der Waals surface area contributed by atoms with E-state index in [9.17, 15) is 9.90 Å². The van der Waals surface area contributed by atoms with Gasteiger partial charge in [-0.3, -0.25) is 0 Å². The molecule has 0 aliphatic rings. The molecule has 5 heteroatoms. The molecule has 2 aromatic carbocycles. The van der Waals surface area contributed by atoms with Gasteiger partial charge in [0.1, 0.15) is 0 Å². The molecule has 0 atom stereocenters. The molecule has 128 valence electrons. The lowest BCUT2D eigenvalue weighted by Gasteiger charge is -2.13. The number of methoxy groups -OCH3 is 2. The fourth-order valence-corrected chi connectivity index (χ4v) is 2.97. The van der Waals surface area contributed by atoms with Gasteiger partial charge in [-0.25, -0.2) is 9.78 Å². The normalized spacial score (nSPS) is 10.7. The first-order valence-electron chi connectivity index (χ1n) is 7.82. The average Bonchev–Trinajstić information content (AvgIpc) is 2.59. The molecule has 0 spiro atoms. The van der Waals surface area contributed by atoms with Crippen molar-refractivity contribution in [2.24, 2.45) is 0 Å². The maximum atomic E-state index is 11.8. The Bertz CT molecular complexity index is 979. The quantitative estimate of drug-likeness (QED) is 0.771. The largest absolute Gasteiger partial charge is 0.493 e. The Morgan fingerprint density at radius 2 is 1.68 bits per heavy atom. The van der Waals surface area contributed by atoms with Gasteiger partial charge in [0, 0.05) is 17.0 Å². The SMILES string of the molecule is COc1cc2nc(-c3ccc(C)cc3C)cc(C(=O)O)c2cc1OC. The van der Waals surface area contributed by atoms with Crippen molar-refractivity contribution in [1.82, 2.24) is 4.98 Å². The summed E-state index contributed by atoms with van der Waals surface area (Å²) in [5, 5.41) is 10.2. The fourth-order valence-electron chi connectivity index (χ4n) is 2.97. The van der Waals surface area contributed by atoms with Gasteiger partial charge in [0.2, 0.25) is 0 Å². The number of pyridine rings is 1.